The number of amides is 1. The van der Waals surface area contributed by atoms with Crippen LogP contribution in [0.2, 0.25) is 5.02 Å². The van der Waals surface area contributed by atoms with Gasteiger partial charge < -0.3 is 9.42 Å². The predicted molar refractivity (Wildman–Crippen MR) is 117 cm³/mol. The van der Waals surface area contributed by atoms with Crippen LogP contribution in [0.15, 0.2) is 53.1 Å². The number of carbonyl (C=O) groups excluding carboxylic acids is 1. The van der Waals surface area contributed by atoms with Crippen molar-refractivity contribution in [3.63, 3.8) is 0 Å². The summed E-state index contributed by atoms with van der Waals surface area (Å²) in [4.78, 5) is 19.6. The molecule has 1 heterocycles. The van der Waals surface area contributed by atoms with Gasteiger partial charge in [-0.25, -0.2) is 4.39 Å². The zero-order valence-corrected chi connectivity index (χ0v) is 18.0. The molecule has 1 saturated carbocycles. The van der Waals surface area contributed by atoms with Gasteiger partial charge in [-0.15, -0.1) is 0 Å². The molecule has 4 rings (SSSR count). The molecule has 2 aromatic carbocycles. The van der Waals surface area contributed by atoms with Gasteiger partial charge >= 0.3 is 0 Å². The fourth-order valence-corrected chi connectivity index (χ4v) is 4.20. The van der Waals surface area contributed by atoms with Crippen LogP contribution in [0, 0.1) is 5.82 Å². The molecule has 0 bridgehead atoms. The van der Waals surface area contributed by atoms with E-state index in [0.29, 0.717) is 29.7 Å². The summed E-state index contributed by atoms with van der Waals surface area (Å²) in [6.07, 6.45) is 6.25. The van der Waals surface area contributed by atoms with Gasteiger partial charge in [0.05, 0.1) is 6.42 Å². The van der Waals surface area contributed by atoms with Crippen LogP contribution >= 0.6 is 11.6 Å². The monoisotopic (exact) mass is 441 g/mol. The summed E-state index contributed by atoms with van der Waals surface area (Å²) in [7, 11) is 0. The molecule has 31 heavy (non-hydrogen) atoms. The topological polar surface area (TPSA) is 59.2 Å². The molecule has 1 aromatic heterocycles. The van der Waals surface area contributed by atoms with Gasteiger partial charge in [-0.1, -0.05) is 48.2 Å². The Balaban J connectivity index is 1.44. The van der Waals surface area contributed by atoms with Crippen molar-refractivity contribution in [2.75, 3.05) is 6.54 Å². The lowest BCUT2D eigenvalue weighted by molar-refractivity contribution is -0.133. The minimum absolute atomic E-state index is 0.0518. The Bertz CT molecular complexity index is 998. The van der Waals surface area contributed by atoms with E-state index in [-0.39, 0.29) is 24.2 Å². The summed E-state index contributed by atoms with van der Waals surface area (Å²) in [5, 5.41) is 4.71. The zero-order chi connectivity index (χ0) is 21.6. The number of nitrogens with zero attached hydrogens (tertiary/aromatic N) is 3. The first kappa shape index (κ1) is 21.5. The summed E-state index contributed by atoms with van der Waals surface area (Å²) in [5.74, 6) is 0.762. The minimum Gasteiger partial charge on any atom is -0.339 e. The molecule has 0 saturated heterocycles. The van der Waals surface area contributed by atoms with E-state index in [9.17, 15) is 9.18 Å². The Morgan fingerprint density at radius 3 is 2.48 bits per heavy atom. The van der Waals surface area contributed by atoms with Gasteiger partial charge in [0, 0.05) is 29.6 Å². The van der Waals surface area contributed by atoms with Crippen LogP contribution in [-0.2, 0) is 17.6 Å². The molecular formula is C24H25ClFN3O2. The third-order valence-electron chi connectivity index (χ3n) is 5.74. The average Bonchev–Trinajstić information content (AvgIpc) is 3.26. The van der Waals surface area contributed by atoms with E-state index >= 15 is 0 Å². The Kier molecular flexibility index (Phi) is 6.97. The second-order valence-corrected chi connectivity index (χ2v) is 8.39. The lowest BCUT2D eigenvalue weighted by Gasteiger charge is -2.34. The van der Waals surface area contributed by atoms with E-state index in [1.165, 1.54) is 18.6 Å². The summed E-state index contributed by atoms with van der Waals surface area (Å²) in [6, 6.07) is 13.6. The third kappa shape index (κ3) is 5.70. The Hall–Kier alpha value is -2.73. The molecule has 0 aliphatic heterocycles. The summed E-state index contributed by atoms with van der Waals surface area (Å²) in [5.41, 5.74) is 1.64. The van der Waals surface area contributed by atoms with E-state index in [1.807, 2.05) is 17.0 Å². The Morgan fingerprint density at radius 1 is 1.06 bits per heavy atom. The van der Waals surface area contributed by atoms with Gasteiger partial charge in [0.1, 0.15) is 5.82 Å². The highest BCUT2D eigenvalue weighted by Crippen LogP contribution is 2.24. The van der Waals surface area contributed by atoms with Crippen LogP contribution in [-0.4, -0.2) is 33.5 Å². The molecule has 1 aliphatic carbocycles. The molecule has 1 amide bonds. The first-order valence-electron chi connectivity index (χ1n) is 10.7. The van der Waals surface area contributed by atoms with Crippen molar-refractivity contribution in [2.45, 2.75) is 51.0 Å². The number of hydrogen-bond donors (Lipinski definition) is 0. The van der Waals surface area contributed by atoms with Crippen molar-refractivity contribution >= 4 is 17.5 Å². The SMILES string of the molecule is O=C(Cc1ccc(F)cc1)N(CCc1nc(-c2ccc(Cl)cc2)no1)C1CCCCC1. The summed E-state index contributed by atoms with van der Waals surface area (Å²) < 4.78 is 18.6. The highest BCUT2D eigenvalue weighted by Gasteiger charge is 2.26. The second-order valence-electron chi connectivity index (χ2n) is 7.95. The number of halogens is 2. The molecule has 7 heteroatoms. The maximum absolute atomic E-state index is 13.2. The quantitative estimate of drug-likeness (QED) is 0.487. The molecule has 0 atom stereocenters. The molecule has 1 aliphatic rings. The molecular weight excluding hydrogens is 417 g/mol. The third-order valence-corrected chi connectivity index (χ3v) is 5.99. The van der Waals surface area contributed by atoms with Gasteiger partial charge in [0.15, 0.2) is 0 Å². The van der Waals surface area contributed by atoms with E-state index in [0.717, 1.165) is 36.8 Å². The van der Waals surface area contributed by atoms with E-state index in [2.05, 4.69) is 10.1 Å². The minimum atomic E-state index is -0.298. The predicted octanol–water partition coefficient (Wildman–Crippen LogP) is 5.48. The standard InChI is InChI=1S/C24H25ClFN3O2/c25-19-10-8-18(9-11-19)24-27-22(31-28-24)14-15-29(21-4-2-1-3-5-21)23(30)16-17-6-12-20(26)13-7-17/h6-13,21H,1-5,14-16H2. The molecule has 0 spiro atoms. The van der Waals surface area contributed by atoms with Crippen molar-refractivity contribution in [1.29, 1.82) is 0 Å². The van der Waals surface area contributed by atoms with Crippen LogP contribution in [0.1, 0.15) is 43.6 Å². The first-order chi connectivity index (χ1) is 15.1. The van der Waals surface area contributed by atoms with Crippen molar-refractivity contribution in [3.05, 3.63) is 70.8 Å². The smallest absolute Gasteiger partial charge is 0.228 e. The van der Waals surface area contributed by atoms with Crippen molar-refractivity contribution in [3.8, 4) is 11.4 Å². The zero-order valence-electron chi connectivity index (χ0n) is 17.3. The van der Waals surface area contributed by atoms with Crippen LogP contribution < -0.4 is 0 Å². The lowest BCUT2D eigenvalue weighted by Crippen LogP contribution is -2.43. The highest BCUT2D eigenvalue weighted by atomic mass is 35.5. The summed E-state index contributed by atoms with van der Waals surface area (Å²) in [6.45, 7) is 0.521. The maximum atomic E-state index is 13.2. The number of rotatable bonds is 7. The van der Waals surface area contributed by atoms with Gasteiger partial charge in [-0.2, -0.15) is 4.98 Å². The van der Waals surface area contributed by atoms with Crippen molar-refractivity contribution in [2.24, 2.45) is 0 Å². The largest absolute Gasteiger partial charge is 0.339 e. The number of aromatic nitrogens is 2. The molecule has 5 nitrogen and oxygen atoms in total. The molecule has 3 aromatic rings. The van der Waals surface area contributed by atoms with Crippen molar-refractivity contribution in [1.82, 2.24) is 15.0 Å². The van der Waals surface area contributed by atoms with E-state index in [1.54, 1.807) is 24.3 Å². The normalized spacial score (nSPS) is 14.5. The fourth-order valence-electron chi connectivity index (χ4n) is 4.07. The summed E-state index contributed by atoms with van der Waals surface area (Å²) >= 11 is 5.94. The number of hydrogen-bond acceptors (Lipinski definition) is 4. The Labute approximate surface area is 186 Å². The lowest BCUT2D eigenvalue weighted by atomic mass is 9.93. The van der Waals surface area contributed by atoms with E-state index < -0.39 is 0 Å². The van der Waals surface area contributed by atoms with Gasteiger partial charge in [-0.3, -0.25) is 4.79 Å². The van der Waals surface area contributed by atoms with Gasteiger partial charge in [0.2, 0.25) is 17.6 Å². The van der Waals surface area contributed by atoms with Gasteiger partial charge in [0.25, 0.3) is 0 Å². The number of benzene rings is 2. The van der Waals surface area contributed by atoms with Crippen LogP contribution in [0.5, 0.6) is 0 Å². The second kappa shape index (κ2) is 10.1. The molecule has 1 fully saturated rings. The van der Waals surface area contributed by atoms with Crippen LogP contribution in [0.3, 0.4) is 0 Å². The van der Waals surface area contributed by atoms with Gasteiger partial charge in [-0.05, 0) is 54.8 Å². The number of carbonyl (C=O) groups is 1. The molecule has 0 radical (unpaired) electrons. The molecule has 0 N–H and O–H groups in total. The highest BCUT2D eigenvalue weighted by molar-refractivity contribution is 6.30. The van der Waals surface area contributed by atoms with Crippen LogP contribution in [0.25, 0.3) is 11.4 Å². The Morgan fingerprint density at radius 2 is 1.77 bits per heavy atom. The molecule has 0 unspecified atom stereocenters. The average molecular weight is 442 g/mol. The van der Waals surface area contributed by atoms with Crippen LogP contribution in [0.4, 0.5) is 4.39 Å². The molecule has 162 valence electrons. The van der Waals surface area contributed by atoms with Crippen molar-refractivity contribution < 1.29 is 13.7 Å². The maximum Gasteiger partial charge on any atom is 0.228 e. The fraction of sp³-hybridized carbons (Fsp3) is 0.375. The van der Waals surface area contributed by atoms with E-state index in [4.69, 9.17) is 16.1 Å². The first-order valence-corrected chi connectivity index (χ1v) is 11.1.